The maximum atomic E-state index is 11.3. The van der Waals surface area contributed by atoms with E-state index in [0.717, 1.165) is 11.0 Å². The Morgan fingerprint density at radius 1 is 1.32 bits per heavy atom. The molecule has 4 nitrogen and oxygen atoms in total. The SMILES string of the molecule is CC(=O)SCC(=Cc1cccnc1)B1OC(C)(C)C(C)(C)O1. The maximum absolute atomic E-state index is 11.3. The Bertz CT molecular complexity index is 556. The number of hydrogen-bond donors (Lipinski definition) is 0. The zero-order valence-corrected chi connectivity index (χ0v) is 14.6. The van der Waals surface area contributed by atoms with Gasteiger partial charge in [0.1, 0.15) is 0 Å². The fourth-order valence-corrected chi connectivity index (χ4v) is 2.62. The number of carbonyl (C=O) groups is 1. The number of aromatic nitrogens is 1. The summed E-state index contributed by atoms with van der Waals surface area (Å²) in [5.41, 5.74) is 1.11. The van der Waals surface area contributed by atoms with Gasteiger partial charge in [0.25, 0.3) is 0 Å². The van der Waals surface area contributed by atoms with Crippen LogP contribution in [0.1, 0.15) is 40.2 Å². The predicted molar refractivity (Wildman–Crippen MR) is 91.4 cm³/mol. The molecule has 1 saturated heterocycles. The van der Waals surface area contributed by atoms with Crippen LogP contribution in [0.4, 0.5) is 0 Å². The van der Waals surface area contributed by atoms with Gasteiger partial charge in [0.15, 0.2) is 5.12 Å². The van der Waals surface area contributed by atoms with Crippen molar-refractivity contribution in [3.63, 3.8) is 0 Å². The van der Waals surface area contributed by atoms with Crippen molar-refractivity contribution >= 4 is 30.1 Å². The second-order valence-electron chi connectivity index (χ2n) is 6.37. The van der Waals surface area contributed by atoms with E-state index in [0.29, 0.717) is 5.75 Å². The summed E-state index contributed by atoms with van der Waals surface area (Å²) in [6.07, 6.45) is 5.50. The van der Waals surface area contributed by atoms with Crippen molar-refractivity contribution in [2.75, 3.05) is 5.75 Å². The quantitative estimate of drug-likeness (QED) is 0.796. The second-order valence-corrected chi connectivity index (χ2v) is 7.53. The Balaban J connectivity index is 2.26. The molecule has 0 unspecified atom stereocenters. The topological polar surface area (TPSA) is 48.4 Å². The highest BCUT2D eigenvalue weighted by molar-refractivity contribution is 8.13. The summed E-state index contributed by atoms with van der Waals surface area (Å²) in [6.45, 7) is 9.65. The number of hydrogen-bond acceptors (Lipinski definition) is 5. The highest BCUT2D eigenvalue weighted by Crippen LogP contribution is 2.39. The van der Waals surface area contributed by atoms with E-state index in [1.807, 2.05) is 45.9 Å². The minimum Gasteiger partial charge on any atom is -0.400 e. The molecule has 2 heterocycles. The smallest absolute Gasteiger partial charge is 0.400 e. The Morgan fingerprint density at radius 2 is 1.95 bits per heavy atom. The van der Waals surface area contributed by atoms with Crippen molar-refractivity contribution in [3.05, 3.63) is 35.6 Å². The van der Waals surface area contributed by atoms with Crippen molar-refractivity contribution < 1.29 is 14.1 Å². The van der Waals surface area contributed by atoms with Gasteiger partial charge in [0.05, 0.1) is 11.2 Å². The summed E-state index contributed by atoms with van der Waals surface area (Å²) in [7, 11) is -0.447. The van der Waals surface area contributed by atoms with Crippen LogP contribution in [-0.2, 0) is 14.1 Å². The van der Waals surface area contributed by atoms with Crippen LogP contribution in [0.15, 0.2) is 30.0 Å². The first-order valence-corrected chi connectivity index (χ1v) is 8.29. The van der Waals surface area contributed by atoms with Gasteiger partial charge in [0, 0.05) is 25.1 Å². The molecular formula is C16H22BNO3S. The summed E-state index contributed by atoms with van der Waals surface area (Å²) < 4.78 is 12.2. The fraction of sp³-hybridized carbons (Fsp3) is 0.500. The van der Waals surface area contributed by atoms with Gasteiger partial charge in [-0.25, -0.2) is 0 Å². The average molecular weight is 319 g/mol. The highest BCUT2D eigenvalue weighted by atomic mass is 32.2. The van der Waals surface area contributed by atoms with Crippen LogP contribution < -0.4 is 0 Å². The molecule has 0 amide bonds. The lowest BCUT2D eigenvalue weighted by atomic mass is 9.78. The van der Waals surface area contributed by atoms with Crippen LogP contribution in [0.5, 0.6) is 0 Å². The van der Waals surface area contributed by atoms with Crippen LogP contribution >= 0.6 is 11.8 Å². The van der Waals surface area contributed by atoms with Crippen LogP contribution in [0.2, 0.25) is 0 Å². The van der Waals surface area contributed by atoms with Crippen LogP contribution in [-0.4, -0.2) is 34.2 Å². The zero-order chi connectivity index (χ0) is 16.4. The van der Waals surface area contributed by atoms with Gasteiger partial charge in [-0.15, -0.1) is 0 Å². The number of rotatable bonds is 4. The third-order valence-corrected chi connectivity index (χ3v) is 4.92. The number of carbonyl (C=O) groups excluding carboxylic acids is 1. The Kier molecular flexibility index (Phi) is 5.15. The standard InChI is InChI=1S/C16H22BNO3S/c1-12(19)22-11-14(9-13-7-6-8-18-10-13)17-20-15(2,3)16(4,5)21-17/h6-10H,11H2,1-5H3. The van der Waals surface area contributed by atoms with E-state index in [2.05, 4.69) is 4.98 Å². The molecular weight excluding hydrogens is 297 g/mol. The molecule has 1 fully saturated rings. The lowest BCUT2D eigenvalue weighted by Crippen LogP contribution is -2.41. The first-order valence-electron chi connectivity index (χ1n) is 7.31. The van der Waals surface area contributed by atoms with Gasteiger partial charge in [-0.05, 0) is 44.8 Å². The molecule has 0 aromatic carbocycles. The number of thioether (sulfide) groups is 1. The molecule has 22 heavy (non-hydrogen) atoms. The van der Waals surface area contributed by atoms with E-state index in [1.54, 1.807) is 19.3 Å². The van der Waals surface area contributed by atoms with E-state index < -0.39 is 18.3 Å². The van der Waals surface area contributed by atoms with Gasteiger partial charge in [-0.2, -0.15) is 0 Å². The van der Waals surface area contributed by atoms with E-state index >= 15 is 0 Å². The molecule has 1 aliphatic heterocycles. The van der Waals surface area contributed by atoms with Crippen molar-refractivity contribution in [3.8, 4) is 0 Å². The van der Waals surface area contributed by atoms with Crippen molar-refractivity contribution in [1.82, 2.24) is 4.98 Å². The summed E-state index contributed by atoms with van der Waals surface area (Å²) in [5, 5.41) is 0.0774. The van der Waals surface area contributed by atoms with Crippen molar-refractivity contribution in [2.24, 2.45) is 0 Å². The normalized spacial score (nSPS) is 20.2. The molecule has 0 bridgehead atoms. The molecule has 0 N–H and O–H groups in total. The predicted octanol–water partition coefficient (Wildman–Crippen LogP) is 3.38. The minimum atomic E-state index is -0.447. The fourth-order valence-electron chi connectivity index (χ4n) is 2.03. The molecule has 6 heteroatoms. The lowest BCUT2D eigenvalue weighted by molar-refractivity contribution is -0.109. The van der Waals surface area contributed by atoms with Gasteiger partial charge >= 0.3 is 7.12 Å². The molecule has 0 saturated carbocycles. The van der Waals surface area contributed by atoms with E-state index in [9.17, 15) is 4.79 Å². The van der Waals surface area contributed by atoms with Crippen LogP contribution in [0, 0.1) is 0 Å². The largest absolute Gasteiger partial charge is 0.491 e. The molecule has 118 valence electrons. The summed E-state index contributed by atoms with van der Waals surface area (Å²) >= 11 is 1.26. The van der Waals surface area contributed by atoms with E-state index in [4.69, 9.17) is 9.31 Å². The second kappa shape index (κ2) is 6.56. The molecule has 1 aliphatic rings. The first-order chi connectivity index (χ1) is 10.2. The highest BCUT2D eigenvalue weighted by Gasteiger charge is 2.52. The minimum absolute atomic E-state index is 0.0774. The van der Waals surface area contributed by atoms with Gasteiger partial charge < -0.3 is 9.31 Å². The van der Waals surface area contributed by atoms with E-state index in [1.165, 1.54) is 11.8 Å². The molecule has 0 spiro atoms. The molecule has 1 aromatic rings. The summed E-state index contributed by atoms with van der Waals surface area (Å²) in [6, 6.07) is 3.85. The summed E-state index contributed by atoms with van der Waals surface area (Å²) in [5.74, 6) is 0.543. The maximum Gasteiger partial charge on any atom is 0.491 e. The number of pyridine rings is 1. The van der Waals surface area contributed by atoms with Gasteiger partial charge in [-0.1, -0.05) is 23.9 Å². The molecule has 0 aliphatic carbocycles. The lowest BCUT2D eigenvalue weighted by Gasteiger charge is -2.32. The molecule has 0 radical (unpaired) electrons. The Hall–Kier alpha value is -1.11. The Morgan fingerprint density at radius 3 is 2.45 bits per heavy atom. The molecule has 1 aromatic heterocycles. The molecule has 0 atom stereocenters. The van der Waals surface area contributed by atoms with Crippen molar-refractivity contribution in [2.45, 2.75) is 45.8 Å². The Labute approximate surface area is 136 Å². The number of nitrogens with zero attached hydrogens (tertiary/aromatic N) is 1. The van der Waals surface area contributed by atoms with Crippen LogP contribution in [0.3, 0.4) is 0 Å². The van der Waals surface area contributed by atoms with E-state index in [-0.39, 0.29) is 5.12 Å². The summed E-state index contributed by atoms with van der Waals surface area (Å²) in [4.78, 5) is 15.4. The van der Waals surface area contributed by atoms with Gasteiger partial charge in [-0.3, -0.25) is 9.78 Å². The van der Waals surface area contributed by atoms with Crippen molar-refractivity contribution in [1.29, 1.82) is 0 Å². The first kappa shape index (κ1) is 17.3. The third-order valence-electron chi connectivity index (χ3n) is 4.03. The monoisotopic (exact) mass is 319 g/mol. The zero-order valence-electron chi connectivity index (χ0n) is 13.8. The average Bonchev–Trinajstić information content (AvgIpc) is 2.64. The third kappa shape index (κ3) is 4.00. The van der Waals surface area contributed by atoms with Gasteiger partial charge in [0.2, 0.25) is 0 Å². The molecule has 2 rings (SSSR count). The van der Waals surface area contributed by atoms with Crippen LogP contribution in [0.25, 0.3) is 6.08 Å².